The van der Waals surface area contributed by atoms with E-state index in [0.29, 0.717) is 6.10 Å². The van der Waals surface area contributed by atoms with Gasteiger partial charge in [0.25, 0.3) is 0 Å². The molecule has 2 aliphatic rings. The standard InChI is InChI=1S/C18H28N2O2/c1-13(2)21-10-8-20-9-11-22-17-12-15-4-6-19-7-5-16(15)14(3)18(17)20/h12-13,19H,4-11H2,1-3H3. The van der Waals surface area contributed by atoms with E-state index < -0.39 is 0 Å². The maximum Gasteiger partial charge on any atom is 0.143 e. The predicted octanol–water partition coefficient (Wildman–Crippen LogP) is 2.31. The number of ether oxygens (including phenoxy) is 2. The van der Waals surface area contributed by atoms with Gasteiger partial charge < -0.3 is 19.7 Å². The molecule has 0 fully saturated rings. The summed E-state index contributed by atoms with van der Waals surface area (Å²) < 4.78 is 11.7. The molecule has 22 heavy (non-hydrogen) atoms. The summed E-state index contributed by atoms with van der Waals surface area (Å²) in [6.45, 7) is 12.0. The molecule has 0 aliphatic carbocycles. The molecule has 0 unspecified atom stereocenters. The summed E-state index contributed by atoms with van der Waals surface area (Å²) in [4.78, 5) is 2.44. The lowest BCUT2D eigenvalue weighted by Gasteiger charge is -2.34. The fraction of sp³-hybridized carbons (Fsp3) is 0.667. The quantitative estimate of drug-likeness (QED) is 0.925. The van der Waals surface area contributed by atoms with Crippen LogP contribution in [0.5, 0.6) is 5.75 Å². The molecule has 0 bridgehead atoms. The number of benzene rings is 1. The van der Waals surface area contributed by atoms with Crippen LogP contribution >= 0.6 is 0 Å². The lowest BCUT2D eigenvalue weighted by molar-refractivity contribution is 0.0832. The summed E-state index contributed by atoms with van der Waals surface area (Å²) in [6.07, 6.45) is 2.51. The van der Waals surface area contributed by atoms with Gasteiger partial charge in [-0.2, -0.15) is 0 Å². The molecular weight excluding hydrogens is 276 g/mol. The van der Waals surface area contributed by atoms with Crippen molar-refractivity contribution < 1.29 is 9.47 Å². The van der Waals surface area contributed by atoms with Gasteiger partial charge in [0.1, 0.15) is 12.4 Å². The Hall–Kier alpha value is -1.26. The van der Waals surface area contributed by atoms with E-state index in [1.807, 2.05) is 0 Å². The minimum Gasteiger partial charge on any atom is -0.490 e. The van der Waals surface area contributed by atoms with Crippen molar-refractivity contribution in [3.63, 3.8) is 0 Å². The van der Waals surface area contributed by atoms with Crippen molar-refractivity contribution in [1.82, 2.24) is 5.32 Å². The fourth-order valence-corrected chi connectivity index (χ4v) is 3.52. The minimum absolute atomic E-state index is 0.291. The van der Waals surface area contributed by atoms with Crippen molar-refractivity contribution in [2.24, 2.45) is 0 Å². The molecule has 0 amide bonds. The highest BCUT2D eigenvalue weighted by atomic mass is 16.5. The van der Waals surface area contributed by atoms with E-state index in [0.717, 1.165) is 58.0 Å². The first-order chi connectivity index (χ1) is 10.7. The van der Waals surface area contributed by atoms with Crippen LogP contribution in [-0.2, 0) is 17.6 Å². The average Bonchev–Trinajstić information content (AvgIpc) is 2.72. The van der Waals surface area contributed by atoms with E-state index in [1.54, 1.807) is 0 Å². The highest BCUT2D eigenvalue weighted by Gasteiger charge is 2.24. The molecule has 0 aromatic heterocycles. The molecule has 3 rings (SSSR count). The second-order valence-corrected chi connectivity index (χ2v) is 6.49. The zero-order valence-corrected chi connectivity index (χ0v) is 14.1. The zero-order valence-electron chi connectivity index (χ0n) is 14.1. The van der Waals surface area contributed by atoms with Gasteiger partial charge in [0, 0.05) is 6.54 Å². The van der Waals surface area contributed by atoms with Crippen LogP contribution in [0.3, 0.4) is 0 Å². The smallest absolute Gasteiger partial charge is 0.143 e. The van der Waals surface area contributed by atoms with E-state index in [-0.39, 0.29) is 0 Å². The van der Waals surface area contributed by atoms with Crippen molar-refractivity contribution in [2.75, 3.05) is 44.3 Å². The maximum atomic E-state index is 5.97. The summed E-state index contributed by atoms with van der Waals surface area (Å²) in [5, 5.41) is 3.50. The Morgan fingerprint density at radius 1 is 1.32 bits per heavy atom. The summed E-state index contributed by atoms with van der Waals surface area (Å²) in [5.41, 5.74) is 5.67. The lowest BCUT2D eigenvalue weighted by atomic mass is 9.94. The Morgan fingerprint density at radius 2 is 2.14 bits per heavy atom. The summed E-state index contributed by atoms with van der Waals surface area (Å²) in [6, 6.07) is 2.28. The van der Waals surface area contributed by atoms with E-state index in [1.165, 1.54) is 22.4 Å². The molecule has 4 nitrogen and oxygen atoms in total. The molecule has 1 aromatic carbocycles. The summed E-state index contributed by atoms with van der Waals surface area (Å²) >= 11 is 0. The normalized spacial score (nSPS) is 17.7. The van der Waals surface area contributed by atoms with E-state index in [9.17, 15) is 0 Å². The number of hydrogen-bond acceptors (Lipinski definition) is 4. The molecule has 0 saturated carbocycles. The number of anilines is 1. The Morgan fingerprint density at radius 3 is 2.95 bits per heavy atom. The van der Waals surface area contributed by atoms with Crippen LogP contribution < -0.4 is 15.0 Å². The van der Waals surface area contributed by atoms with Gasteiger partial charge in [0.05, 0.1) is 24.9 Å². The third-order valence-electron chi connectivity index (χ3n) is 4.60. The van der Waals surface area contributed by atoms with Gasteiger partial charge in [-0.05, 0) is 69.5 Å². The SMILES string of the molecule is Cc1c2c(cc3c1N(CCOC(C)C)CCO3)CCNCC2. The number of nitrogens with zero attached hydrogens (tertiary/aromatic N) is 1. The number of nitrogens with one attached hydrogen (secondary N) is 1. The Labute approximate surface area is 133 Å². The van der Waals surface area contributed by atoms with Crippen molar-refractivity contribution in [2.45, 2.75) is 39.7 Å². The monoisotopic (exact) mass is 304 g/mol. The van der Waals surface area contributed by atoms with Gasteiger partial charge in [-0.1, -0.05) is 0 Å². The first-order valence-electron chi connectivity index (χ1n) is 8.52. The van der Waals surface area contributed by atoms with Crippen LogP contribution in [0.25, 0.3) is 0 Å². The molecule has 0 atom stereocenters. The van der Waals surface area contributed by atoms with Crippen LogP contribution in [0.2, 0.25) is 0 Å². The van der Waals surface area contributed by atoms with E-state index in [4.69, 9.17) is 9.47 Å². The molecule has 122 valence electrons. The van der Waals surface area contributed by atoms with Crippen LogP contribution in [-0.4, -0.2) is 45.5 Å². The highest BCUT2D eigenvalue weighted by molar-refractivity contribution is 5.69. The van der Waals surface area contributed by atoms with Crippen LogP contribution in [0.1, 0.15) is 30.5 Å². The molecule has 0 radical (unpaired) electrons. The zero-order chi connectivity index (χ0) is 15.5. The number of fused-ring (bicyclic) bond motifs is 2. The number of hydrogen-bond donors (Lipinski definition) is 1. The van der Waals surface area contributed by atoms with Crippen molar-refractivity contribution in [3.05, 3.63) is 22.8 Å². The van der Waals surface area contributed by atoms with E-state index >= 15 is 0 Å². The van der Waals surface area contributed by atoms with Crippen LogP contribution in [0, 0.1) is 6.92 Å². The Balaban J connectivity index is 1.87. The fourth-order valence-electron chi connectivity index (χ4n) is 3.52. The molecular formula is C18H28N2O2. The van der Waals surface area contributed by atoms with Crippen molar-refractivity contribution in [1.29, 1.82) is 0 Å². The Kier molecular flexibility index (Phi) is 4.89. The molecule has 1 N–H and O–H groups in total. The lowest BCUT2D eigenvalue weighted by Crippen LogP contribution is -2.36. The molecule has 2 aliphatic heterocycles. The van der Waals surface area contributed by atoms with Gasteiger partial charge >= 0.3 is 0 Å². The van der Waals surface area contributed by atoms with Gasteiger partial charge in [0.15, 0.2) is 0 Å². The predicted molar refractivity (Wildman–Crippen MR) is 90.3 cm³/mol. The van der Waals surface area contributed by atoms with Gasteiger partial charge in [-0.3, -0.25) is 0 Å². The minimum atomic E-state index is 0.291. The summed E-state index contributed by atoms with van der Waals surface area (Å²) in [5.74, 6) is 1.06. The first-order valence-corrected chi connectivity index (χ1v) is 8.52. The van der Waals surface area contributed by atoms with Gasteiger partial charge in [0.2, 0.25) is 0 Å². The highest BCUT2D eigenvalue weighted by Crippen LogP contribution is 2.39. The third-order valence-corrected chi connectivity index (χ3v) is 4.60. The van der Waals surface area contributed by atoms with Gasteiger partial charge in [-0.15, -0.1) is 0 Å². The topological polar surface area (TPSA) is 33.7 Å². The second-order valence-electron chi connectivity index (χ2n) is 6.49. The van der Waals surface area contributed by atoms with Gasteiger partial charge in [-0.25, -0.2) is 0 Å². The maximum absolute atomic E-state index is 5.97. The van der Waals surface area contributed by atoms with Crippen molar-refractivity contribution in [3.8, 4) is 5.75 Å². The van der Waals surface area contributed by atoms with E-state index in [2.05, 4.69) is 37.1 Å². The second kappa shape index (κ2) is 6.88. The largest absolute Gasteiger partial charge is 0.490 e. The molecule has 0 saturated heterocycles. The molecule has 4 heteroatoms. The average molecular weight is 304 g/mol. The van der Waals surface area contributed by atoms with Crippen LogP contribution in [0.4, 0.5) is 5.69 Å². The Bertz CT molecular complexity index is 528. The third kappa shape index (κ3) is 3.23. The number of rotatable bonds is 4. The molecule has 0 spiro atoms. The molecule has 1 aromatic rings. The van der Waals surface area contributed by atoms with Crippen molar-refractivity contribution >= 4 is 5.69 Å². The molecule has 2 heterocycles. The van der Waals surface area contributed by atoms with Crippen LogP contribution in [0.15, 0.2) is 6.07 Å². The first kappa shape index (κ1) is 15.6. The summed E-state index contributed by atoms with van der Waals surface area (Å²) in [7, 11) is 0.